The van der Waals surface area contributed by atoms with Gasteiger partial charge < -0.3 is 5.11 Å². The summed E-state index contributed by atoms with van der Waals surface area (Å²) in [5.41, 5.74) is -1.55. The lowest BCUT2D eigenvalue weighted by Gasteiger charge is -2.05. The van der Waals surface area contributed by atoms with Crippen LogP contribution in [0.15, 0.2) is 22.0 Å². The molecule has 0 atom stereocenters. The van der Waals surface area contributed by atoms with Crippen molar-refractivity contribution in [1.82, 2.24) is 4.90 Å². The number of carbonyl (C=O) groups is 1. The molecule has 0 aromatic heterocycles. The molecule has 1 N–H and O–H groups in total. The van der Waals surface area contributed by atoms with Crippen LogP contribution >= 0.6 is 11.8 Å². The Labute approximate surface area is 133 Å². The number of likely N-dealkylation sites (N-methyl/N-ethyl adjacent to an activating group) is 1. The monoisotopic (exact) mass is 338 g/mol. The lowest BCUT2D eigenvalue weighted by atomic mass is 10.1. The topological polar surface area (TPSA) is 139 Å². The highest BCUT2D eigenvalue weighted by Gasteiger charge is 2.31. The SMILES string of the molecule is CN=C1S/C(=C/c2cc([N+](=O)[O-])cc([N+](=O)[O-])c2O)C(=O)N1C. The molecular formula is C12H10N4O6S. The molecule has 1 heterocycles. The second kappa shape index (κ2) is 6.04. The average molecular weight is 338 g/mol. The lowest BCUT2D eigenvalue weighted by Crippen LogP contribution is -2.23. The summed E-state index contributed by atoms with van der Waals surface area (Å²) < 4.78 is 0. The molecule has 1 aromatic rings. The van der Waals surface area contributed by atoms with Crippen LogP contribution in [0.25, 0.3) is 6.08 Å². The molecule has 23 heavy (non-hydrogen) atoms. The second-order valence-corrected chi connectivity index (χ2v) is 5.41. The van der Waals surface area contributed by atoms with Gasteiger partial charge in [0.2, 0.25) is 5.75 Å². The summed E-state index contributed by atoms with van der Waals surface area (Å²) >= 11 is 0.996. The van der Waals surface area contributed by atoms with Crippen molar-refractivity contribution >= 4 is 40.3 Å². The first-order valence-corrected chi connectivity index (χ1v) is 6.88. The van der Waals surface area contributed by atoms with Crippen LogP contribution in [0.2, 0.25) is 0 Å². The molecular weight excluding hydrogens is 328 g/mol. The number of nitrogens with zero attached hydrogens (tertiary/aromatic N) is 4. The molecule has 1 aromatic carbocycles. The van der Waals surface area contributed by atoms with Gasteiger partial charge in [0.15, 0.2) is 5.17 Å². The number of aromatic hydroxyl groups is 1. The zero-order valence-electron chi connectivity index (χ0n) is 11.9. The van der Waals surface area contributed by atoms with Crippen LogP contribution in [0.4, 0.5) is 11.4 Å². The number of nitro benzene ring substituents is 2. The fourth-order valence-electron chi connectivity index (χ4n) is 1.87. The third kappa shape index (κ3) is 2.99. The summed E-state index contributed by atoms with van der Waals surface area (Å²) in [4.78, 5) is 37.4. The number of hydrogen-bond donors (Lipinski definition) is 1. The van der Waals surface area contributed by atoms with E-state index in [1.807, 2.05) is 0 Å². The van der Waals surface area contributed by atoms with Gasteiger partial charge in [0, 0.05) is 25.7 Å². The predicted molar refractivity (Wildman–Crippen MR) is 83.1 cm³/mol. The average Bonchev–Trinajstić information content (AvgIpc) is 2.76. The fourth-order valence-corrected chi connectivity index (χ4v) is 2.79. The number of thioether (sulfide) groups is 1. The highest BCUT2D eigenvalue weighted by Crippen LogP contribution is 2.38. The van der Waals surface area contributed by atoms with Crippen molar-refractivity contribution in [1.29, 1.82) is 0 Å². The highest BCUT2D eigenvalue weighted by atomic mass is 32.2. The summed E-state index contributed by atoms with van der Waals surface area (Å²) in [6.45, 7) is 0. The quantitative estimate of drug-likeness (QED) is 0.503. The third-order valence-electron chi connectivity index (χ3n) is 2.99. The van der Waals surface area contributed by atoms with Crippen LogP contribution in [-0.4, -0.2) is 45.0 Å². The summed E-state index contributed by atoms with van der Waals surface area (Å²) in [5, 5.41) is 32.1. The molecule has 0 bridgehead atoms. The van der Waals surface area contributed by atoms with Crippen LogP contribution in [0.1, 0.15) is 5.56 Å². The van der Waals surface area contributed by atoms with E-state index in [-0.39, 0.29) is 10.5 Å². The van der Waals surface area contributed by atoms with E-state index in [4.69, 9.17) is 0 Å². The first-order valence-electron chi connectivity index (χ1n) is 6.06. The lowest BCUT2D eigenvalue weighted by molar-refractivity contribution is -0.394. The molecule has 0 saturated carbocycles. The zero-order valence-corrected chi connectivity index (χ0v) is 12.7. The van der Waals surface area contributed by atoms with Crippen molar-refractivity contribution in [2.24, 2.45) is 4.99 Å². The normalized spacial score (nSPS) is 18.0. The minimum Gasteiger partial charge on any atom is -0.502 e. The van der Waals surface area contributed by atoms with Crippen molar-refractivity contribution in [3.63, 3.8) is 0 Å². The van der Waals surface area contributed by atoms with Crippen molar-refractivity contribution in [3.05, 3.63) is 42.8 Å². The maximum Gasteiger partial charge on any atom is 0.318 e. The molecule has 0 radical (unpaired) electrons. The van der Waals surface area contributed by atoms with E-state index in [0.29, 0.717) is 11.2 Å². The second-order valence-electron chi connectivity index (χ2n) is 4.40. The van der Waals surface area contributed by atoms with E-state index in [9.17, 15) is 30.1 Å². The molecule has 0 aliphatic carbocycles. The van der Waals surface area contributed by atoms with Crippen LogP contribution in [0.3, 0.4) is 0 Å². The van der Waals surface area contributed by atoms with Gasteiger partial charge in [0.25, 0.3) is 11.6 Å². The number of amides is 1. The minimum atomic E-state index is -0.932. The maximum atomic E-state index is 12.0. The van der Waals surface area contributed by atoms with Crippen LogP contribution < -0.4 is 0 Å². The van der Waals surface area contributed by atoms with Gasteiger partial charge in [-0.2, -0.15) is 0 Å². The molecule has 11 heteroatoms. The van der Waals surface area contributed by atoms with Gasteiger partial charge in [-0.25, -0.2) is 0 Å². The number of amidine groups is 1. The summed E-state index contributed by atoms with van der Waals surface area (Å²) in [6, 6.07) is 1.62. The van der Waals surface area contributed by atoms with E-state index in [1.165, 1.54) is 19.0 Å². The molecule has 120 valence electrons. The van der Waals surface area contributed by atoms with Crippen molar-refractivity contribution < 1.29 is 19.7 Å². The van der Waals surface area contributed by atoms with E-state index in [0.717, 1.165) is 23.9 Å². The van der Waals surface area contributed by atoms with E-state index in [1.54, 1.807) is 0 Å². The van der Waals surface area contributed by atoms with Gasteiger partial charge in [-0.3, -0.25) is 34.9 Å². The molecule has 1 saturated heterocycles. The Morgan fingerprint density at radius 1 is 1.30 bits per heavy atom. The summed E-state index contributed by atoms with van der Waals surface area (Å²) in [6.07, 6.45) is 1.16. The van der Waals surface area contributed by atoms with Crippen molar-refractivity contribution in [3.8, 4) is 5.75 Å². The Kier molecular flexibility index (Phi) is 4.31. The van der Waals surface area contributed by atoms with E-state index in [2.05, 4.69) is 4.99 Å². The number of rotatable bonds is 3. The molecule has 10 nitrogen and oxygen atoms in total. The zero-order chi connectivity index (χ0) is 17.3. The van der Waals surface area contributed by atoms with Crippen LogP contribution in [-0.2, 0) is 4.79 Å². The number of carbonyl (C=O) groups excluding carboxylic acids is 1. The Hall–Kier alpha value is -2.95. The number of benzene rings is 1. The molecule has 0 unspecified atom stereocenters. The number of phenols is 1. The molecule has 1 fully saturated rings. The van der Waals surface area contributed by atoms with Gasteiger partial charge in [-0.15, -0.1) is 0 Å². The fraction of sp³-hybridized carbons (Fsp3) is 0.167. The maximum absolute atomic E-state index is 12.0. The van der Waals surface area contributed by atoms with Crippen molar-refractivity contribution in [2.75, 3.05) is 14.1 Å². The van der Waals surface area contributed by atoms with Crippen molar-refractivity contribution in [2.45, 2.75) is 0 Å². The van der Waals surface area contributed by atoms with Crippen LogP contribution in [0.5, 0.6) is 5.75 Å². The number of non-ortho nitro benzene ring substituents is 1. The molecule has 1 amide bonds. The number of hydrogen-bond acceptors (Lipinski definition) is 8. The molecule has 2 rings (SSSR count). The standard InChI is InChI=1S/C12H10N4O6S/c1-13-12-14(2)11(18)9(23-12)4-6-3-7(15(19)20)5-8(10(6)17)16(21)22/h3-5,17H,1-2H3/b9-4+,13-12?. The van der Waals surface area contributed by atoms with E-state index < -0.39 is 32.9 Å². The number of phenolic OH excluding ortho intramolecular Hbond substituents is 1. The van der Waals surface area contributed by atoms with Gasteiger partial charge >= 0.3 is 5.69 Å². The van der Waals surface area contributed by atoms with Gasteiger partial charge in [-0.1, -0.05) is 0 Å². The Balaban J connectivity index is 2.60. The number of nitro groups is 2. The smallest absolute Gasteiger partial charge is 0.318 e. The van der Waals surface area contributed by atoms with E-state index >= 15 is 0 Å². The highest BCUT2D eigenvalue weighted by molar-refractivity contribution is 8.18. The molecule has 0 spiro atoms. The molecule has 1 aliphatic heterocycles. The summed E-state index contributed by atoms with van der Waals surface area (Å²) in [7, 11) is 2.99. The Morgan fingerprint density at radius 2 is 1.96 bits per heavy atom. The third-order valence-corrected chi connectivity index (χ3v) is 4.14. The van der Waals surface area contributed by atoms with Gasteiger partial charge in [-0.05, 0) is 17.8 Å². The first-order chi connectivity index (χ1) is 10.8. The Morgan fingerprint density at radius 3 is 2.43 bits per heavy atom. The molecule has 1 aliphatic rings. The predicted octanol–water partition coefficient (Wildman–Crippen LogP) is 1.74. The first kappa shape index (κ1) is 16.4. The largest absolute Gasteiger partial charge is 0.502 e. The van der Waals surface area contributed by atoms with Gasteiger partial charge in [0.05, 0.1) is 20.8 Å². The summed E-state index contributed by atoms with van der Waals surface area (Å²) in [5.74, 6) is -1.17. The van der Waals surface area contributed by atoms with Gasteiger partial charge in [0.1, 0.15) is 0 Å². The minimum absolute atomic E-state index is 0.137. The van der Waals surface area contributed by atoms with Crippen LogP contribution in [0, 0.1) is 20.2 Å². The number of aliphatic imine (C=N–C) groups is 1. The Bertz CT molecular complexity index is 788.